The lowest BCUT2D eigenvalue weighted by molar-refractivity contribution is 0.669. The third-order valence-electron chi connectivity index (χ3n) is 7.34. The Morgan fingerprint density at radius 3 is 1.75 bits per heavy atom. The van der Waals surface area contributed by atoms with Crippen molar-refractivity contribution in [1.82, 2.24) is 0 Å². The maximum absolute atomic E-state index is 6.42. The van der Waals surface area contributed by atoms with Crippen molar-refractivity contribution in [2.45, 2.75) is 0 Å². The average Bonchev–Trinajstić information content (AvgIpc) is 3.56. The fraction of sp³-hybridized carbons (Fsp3) is 0. The van der Waals surface area contributed by atoms with Gasteiger partial charge in [-0.1, -0.05) is 97.1 Å². The molecule has 0 saturated carbocycles. The number of furan rings is 1. The first-order valence-corrected chi connectivity index (χ1v) is 13.1. The molecule has 0 aliphatic rings. The Morgan fingerprint density at radius 1 is 0.472 bits per heavy atom. The number of hydrogen-bond donors (Lipinski definition) is 0. The SMILES string of the molecule is c1ccc(-c2c3ccccc3c(-c3cc4oc5ccccc5c4c4sccc34)c3ccccc23)cc1. The fourth-order valence-electron chi connectivity index (χ4n) is 5.87. The van der Waals surface area contributed by atoms with Gasteiger partial charge in [-0.3, -0.25) is 0 Å². The lowest BCUT2D eigenvalue weighted by Crippen LogP contribution is -1.91. The van der Waals surface area contributed by atoms with Crippen LogP contribution in [0.5, 0.6) is 0 Å². The van der Waals surface area contributed by atoms with E-state index in [0.29, 0.717) is 0 Å². The van der Waals surface area contributed by atoms with Gasteiger partial charge in [-0.05, 0) is 67.4 Å². The quantitative estimate of drug-likeness (QED) is 0.226. The maximum atomic E-state index is 6.42. The van der Waals surface area contributed by atoms with Crippen molar-refractivity contribution in [2.24, 2.45) is 0 Å². The predicted molar refractivity (Wildman–Crippen MR) is 155 cm³/mol. The van der Waals surface area contributed by atoms with Crippen molar-refractivity contribution in [2.75, 3.05) is 0 Å². The number of benzene rings is 6. The van der Waals surface area contributed by atoms with Crippen LogP contribution in [0, 0.1) is 0 Å². The summed E-state index contributed by atoms with van der Waals surface area (Å²) < 4.78 is 7.70. The molecule has 0 aliphatic carbocycles. The molecule has 0 radical (unpaired) electrons. The van der Waals surface area contributed by atoms with Gasteiger partial charge < -0.3 is 4.42 Å². The summed E-state index contributed by atoms with van der Waals surface area (Å²) in [6, 6.07) is 41.3. The van der Waals surface area contributed by atoms with Crippen LogP contribution in [-0.2, 0) is 0 Å². The lowest BCUT2D eigenvalue weighted by Gasteiger charge is -2.18. The second-order valence-corrected chi connectivity index (χ2v) is 10.2. The van der Waals surface area contributed by atoms with E-state index in [0.717, 1.165) is 11.2 Å². The lowest BCUT2D eigenvalue weighted by atomic mass is 9.85. The molecule has 0 aliphatic heterocycles. The van der Waals surface area contributed by atoms with Gasteiger partial charge in [0.05, 0.1) is 0 Å². The highest BCUT2D eigenvalue weighted by Gasteiger charge is 2.21. The molecule has 0 amide bonds. The van der Waals surface area contributed by atoms with Crippen molar-refractivity contribution in [3.8, 4) is 22.3 Å². The summed E-state index contributed by atoms with van der Waals surface area (Å²) in [5.41, 5.74) is 6.91. The molecule has 2 heteroatoms. The first-order valence-electron chi connectivity index (χ1n) is 12.2. The zero-order valence-electron chi connectivity index (χ0n) is 19.4. The fourth-order valence-corrected chi connectivity index (χ4v) is 6.84. The third-order valence-corrected chi connectivity index (χ3v) is 8.28. The van der Waals surface area contributed by atoms with Crippen molar-refractivity contribution >= 4 is 64.9 Å². The number of fused-ring (bicyclic) bond motifs is 7. The van der Waals surface area contributed by atoms with E-state index in [4.69, 9.17) is 4.42 Å². The Bertz CT molecular complexity index is 2040. The van der Waals surface area contributed by atoms with Crippen LogP contribution in [-0.4, -0.2) is 0 Å². The van der Waals surface area contributed by atoms with Crippen LogP contribution in [0.1, 0.15) is 0 Å². The maximum Gasteiger partial charge on any atom is 0.137 e. The van der Waals surface area contributed by atoms with Crippen LogP contribution in [0.3, 0.4) is 0 Å². The summed E-state index contributed by atoms with van der Waals surface area (Å²) in [7, 11) is 0. The van der Waals surface area contributed by atoms with Crippen molar-refractivity contribution in [3.05, 3.63) is 121 Å². The van der Waals surface area contributed by atoms with Crippen LogP contribution in [0.4, 0.5) is 0 Å². The van der Waals surface area contributed by atoms with Crippen molar-refractivity contribution in [1.29, 1.82) is 0 Å². The van der Waals surface area contributed by atoms with E-state index in [2.05, 4.69) is 115 Å². The molecular formula is C34H20OS. The van der Waals surface area contributed by atoms with Crippen LogP contribution in [0.2, 0.25) is 0 Å². The topological polar surface area (TPSA) is 13.1 Å². The second-order valence-electron chi connectivity index (χ2n) is 9.27. The van der Waals surface area contributed by atoms with Crippen LogP contribution in [0.25, 0.3) is 75.8 Å². The minimum absolute atomic E-state index is 0.938. The summed E-state index contributed by atoms with van der Waals surface area (Å²) in [5.74, 6) is 0. The van der Waals surface area contributed by atoms with Crippen molar-refractivity contribution in [3.63, 3.8) is 0 Å². The zero-order valence-corrected chi connectivity index (χ0v) is 20.2. The van der Waals surface area contributed by atoms with E-state index in [1.807, 2.05) is 6.07 Å². The normalized spacial score (nSPS) is 11.9. The largest absolute Gasteiger partial charge is 0.456 e. The molecule has 0 N–H and O–H groups in total. The Balaban J connectivity index is 1.58. The molecule has 0 spiro atoms. The van der Waals surface area contributed by atoms with Gasteiger partial charge >= 0.3 is 0 Å². The number of thiophene rings is 1. The summed E-state index contributed by atoms with van der Waals surface area (Å²) in [4.78, 5) is 0. The summed E-state index contributed by atoms with van der Waals surface area (Å²) in [5, 5.41) is 10.9. The van der Waals surface area contributed by atoms with E-state index < -0.39 is 0 Å². The zero-order chi connectivity index (χ0) is 23.6. The minimum atomic E-state index is 0.938. The standard InChI is InChI=1S/C34H20OS/c1-2-10-21(11-3-1)31-22-12-4-6-14-24(22)32(25-15-7-5-13-23(25)31)28-20-30-33(34-26(28)18-19-36-34)27-16-8-9-17-29(27)35-30/h1-20H. The van der Waals surface area contributed by atoms with E-state index in [1.165, 1.54) is 64.7 Å². The molecule has 2 heterocycles. The first kappa shape index (κ1) is 19.9. The van der Waals surface area contributed by atoms with Gasteiger partial charge in [0, 0.05) is 20.9 Å². The van der Waals surface area contributed by atoms with E-state index in [9.17, 15) is 0 Å². The van der Waals surface area contributed by atoms with E-state index >= 15 is 0 Å². The highest BCUT2D eigenvalue weighted by Crippen LogP contribution is 2.48. The minimum Gasteiger partial charge on any atom is -0.456 e. The molecule has 0 atom stereocenters. The van der Waals surface area contributed by atoms with Gasteiger partial charge in [0.25, 0.3) is 0 Å². The predicted octanol–water partition coefficient (Wildman–Crippen LogP) is 10.4. The molecule has 8 rings (SSSR count). The Morgan fingerprint density at radius 2 is 1.06 bits per heavy atom. The molecular weight excluding hydrogens is 456 g/mol. The van der Waals surface area contributed by atoms with Gasteiger partial charge in [-0.2, -0.15) is 0 Å². The first-order chi connectivity index (χ1) is 17.9. The number of hydrogen-bond acceptors (Lipinski definition) is 2. The second kappa shape index (κ2) is 7.55. The highest BCUT2D eigenvalue weighted by atomic mass is 32.1. The van der Waals surface area contributed by atoms with E-state index in [1.54, 1.807) is 11.3 Å². The van der Waals surface area contributed by atoms with E-state index in [-0.39, 0.29) is 0 Å². The van der Waals surface area contributed by atoms with Gasteiger partial charge in [0.1, 0.15) is 11.2 Å². The summed E-state index contributed by atoms with van der Waals surface area (Å²) in [6.45, 7) is 0. The third kappa shape index (κ3) is 2.71. The summed E-state index contributed by atoms with van der Waals surface area (Å²) in [6.07, 6.45) is 0. The average molecular weight is 477 g/mol. The molecule has 8 aromatic rings. The smallest absolute Gasteiger partial charge is 0.137 e. The molecule has 0 saturated heterocycles. The van der Waals surface area contributed by atoms with Crippen LogP contribution >= 0.6 is 11.3 Å². The van der Waals surface area contributed by atoms with Gasteiger partial charge in [0.2, 0.25) is 0 Å². The molecule has 6 aromatic carbocycles. The Labute approximate surface area is 211 Å². The number of para-hydroxylation sites is 1. The van der Waals surface area contributed by atoms with Crippen LogP contribution < -0.4 is 0 Å². The number of rotatable bonds is 2. The molecule has 2 aromatic heterocycles. The monoisotopic (exact) mass is 476 g/mol. The van der Waals surface area contributed by atoms with Gasteiger partial charge in [-0.15, -0.1) is 11.3 Å². The molecule has 168 valence electrons. The summed E-state index contributed by atoms with van der Waals surface area (Å²) >= 11 is 1.80. The molecule has 0 fully saturated rings. The highest BCUT2D eigenvalue weighted by molar-refractivity contribution is 7.18. The van der Waals surface area contributed by atoms with Gasteiger partial charge in [-0.25, -0.2) is 0 Å². The molecule has 1 nitrogen and oxygen atoms in total. The molecule has 0 bridgehead atoms. The molecule has 36 heavy (non-hydrogen) atoms. The van der Waals surface area contributed by atoms with Crippen LogP contribution in [0.15, 0.2) is 125 Å². The Hall–Kier alpha value is -4.40. The Kier molecular flexibility index (Phi) is 4.16. The van der Waals surface area contributed by atoms with Crippen molar-refractivity contribution < 1.29 is 4.42 Å². The molecule has 0 unspecified atom stereocenters. The van der Waals surface area contributed by atoms with Gasteiger partial charge in [0.15, 0.2) is 0 Å².